The van der Waals surface area contributed by atoms with Gasteiger partial charge in [-0.15, -0.1) is 0 Å². The molecule has 1 amide bonds. The number of aliphatic hydroxyl groups is 1. The average molecular weight is 316 g/mol. The van der Waals surface area contributed by atoms with E-state index in [9.17, 15) is 9.90 Å². The number of rotatable bonds is 6. The van der Waals surface area contributed by atoms with Crippen molar-refractivity contribution in [2.45, 2.75) is 56.5 Å². The molecular formula is C19H28N2O2. The van der Waals surface area contributed by atoms with E-state index < -0.39 is 0 Å². The Morgan fingerprint density at radius 1 is 1.22 bits per heavy atom. The van der Waals surface area contributed by atoms with Gasteiger partial charge in [0.1, 0.15) is 0 Å². The molecule has 3 rings (SSSR count). The fourth-order valence-corrected chi connectivity index (χ4v) is 4.01. The molecule has 1 aromatic rings. The van der Waals surface area contributed by atoms with Gasteiger partial charge in [0.2, 0.25) is 5.91 Å². The number of amides is 1. The molecule has 0 bridgehead atoms. The van der Waals surface area contributed by atoms with Crippen LogP contribution in [0.1, 0.15) is 50.5 Å². The molecule has 2 fully saturated rings. The zero-order valence-electron chi connectivity index (χ0n) is 13.8. The molecule has 1 heterocycles. The molecule has 126 valence electrons. The molecule has 1 atom stereocenters. The third kappa shape index (κ3) is 3.75. The topological polar surface area (TPSA) is 52.6 Å². The number of carbonyl (C=O) groups excluding carboxylic acids is 1. The minimum absolute atomic E-state index is 0.124. The van der Waals surface area contributed by atoms with Gasteiger partial charge in [-0.25, -0.2) is 0 Å². The minimum Gasteiger partial charge on any atom is -0.396 e. The standard InChI is InChI=1S/C19H28N2O2/c22-14-10-17-9-4-5-13-21(17)15-18(23)20-19(11-6-12-19)16-7-2-1-3-8-16/h1-3,7-8,17,22H,4-6,9-15H2,(H,20,23). The van der Waals surface area contributed by atoms with E-state index in [2.05, 4.69) is 22.3 Å². The summed E-state index contributed by atoms with van der Waals surface area (Å²) in [5.74, 6) is 0.124. The highest BCUT2D eigenvalue weighted by molar-refractivity contribution is 5.79. The lowest BCUT2D eigenvalue weighted by atomic mass is 9.72. The van der Waals surface area contributed by atoms with Crippen molar-refractivity contribution in [3.63, 3.8) is 0 Å². The van der Waals surface area contributed by atoms with Crippen LogP contribution in [0.4, 0.5) is 0 Å². The maximum Gasteiger partial charge on any atom is 0.234 e. The third-order valence-corrected chi connectivity index (χ3v) is 5.47. The largest absolute Gasteiger partial charge is 0.396 e. The van der Waals surface area contributed by atoms with Crippen LogP contribution < -0.4 is 5.32 Å². The average Bonchev–Trinajstić information content (AvgIpc) is 2.54. The number of benzene rings is 1. The molecule has 1 aromatic carbocycles. The number of carbonyl (C=O) groups is 1. The second kappa shape index (κ2) is 7.45. The van der Waals surface area contributed by atoms with Crippen LogP contribution in [-0.2, 0) is 10.3 Å². The molecule has 0 aromatic heterocycles. The molecule has 0 spiro atoms. The quantitative estimate of drug-likeness (QED) is 0.847. The molecule has 1 aliphatic heterocycles. The lowest BCUT2D eigenvalue weighted by molar-refractivity contribution is -0.126. The van der Waals surface area contributed by atoms with E-state index in [4.69, 9.17) is 0 Å². The highest BCUT2D eigenvalue weighted by atomic mass is 16.3. The normalized spacial score (nSPS) is 24.0. The Hall–Kier alpha value is -1.39. The summed E-state index contributed by atoms with van der Waals surface area (Å²) in [6.07, 6.45) is 7.46. The first kappa shape index (κ1) is 16.5. The summed E-state index contributed by atoms with van der Waals surface area (Å²) < 4.78 is 0. The summed E-state index contributed by atoms with van der Waals surface area (Å²) in [5.41, 5.74) is 1.07. The van der Waals surface area contributed by atoms with Crippen molar-refractivity contribution >= 4 is 5.91 Å². The molecular weight excluding hydrogens is 288 g/mol. The third-order valence-electron chi connectivity index (χ3n) is 5.47. The molecule has 1 saturated carbocycles. The minimum atomic E-state index is -0.152. The molecule has 4 heteroatoms. The monoisotopic (exact) mass is 316 g/mol. The molecule has 1 saturated heterocycles. The number of nitrogens with one attached hydrogen (secondary N) is 1. The Morgan fingerprint density at radius 3 is 2.65 bits per heavy atom. The second-order valence-electron chi connectivity index (χ2n) is 6.98. The number of hydrogen-bond acceptors (Lipinski definition) is 3. The zero-order chi connectivity index (χ0) is 16.1. The number of piperidine rings is 1. The van der Waals surface area contributed by atoms with Crippen molar-refractivity contribution < 1.29 is 9.90 Å². The van der Waals surface area contributed by atoms with Crippen molar-refractivity contribution in [2.24, 2.45) is 0 Å². The number of hydrogen-bond donors (Lipinski definition) is 2. The molecule has 1 aliphatic carbocycles. The highest BCUT2D eigenvalue weighted by Crippen LogP contribution is 2.41. The lowest BCUT2D eigenvalue weighted by Crippen LogP contribution is -2.54. The van der Waals surface area contributed by atoms with Gasteiger partial charge >= 0.3 is 0 Å². The summed E-state index contributed by atoms with van der Waals surface area (Å²) in [6, 6.07) is 10.7. The Kier molecular flexibility index (Phi) is 5.34. The molecule has 0 radical (unpaired) electrons. The van der Waals surface area contributed by atoms with E-state index in [0.717, 1.165) is 38.6 Å². The van der Waals surface area contributed by atoms with E-state index in [-0.39, 0.29) is 18.1 Å². The van der Waals surface area contributed by atoms with Gasteiger partial charge in [0.15, 0.2) is 0 Å². The van der Waals surface area contributed by atoms with Crippen LogP contribution in [-0.4, -0.2) is 41.7 Å². The maximum atomic E-state index is 12.6. The predicted octanol–water partition coefficient (Wildman–Crippen LogP) is 2.42. The zero-order valence-corrected chi connectivity index (χ0v) is 13.8. The number of aliphatic hydroxyl groups excluding tert-OH is 1. The first-order chi connectivity index (χ1) is 11.2. The Morgan fingerprint density at radius 2 is 2.00 bits per heavy atom. The van der Waals surface area contributed by atoms with Gasteiger partial charge in [-0.1, -0.05) is 36.8 Å². The molecule has 1 unspecified atom stereocenters. The first-order valence-electron chi connectivity index (χ1n) is 8.95. The van der Waals surface area contributed by atoms with Crippen molar-refractivity contribution in [3.8, 4) is 0 Å². The molecule has 23 heavy (non-hydrogen) atoms. The van der Waals surface area contributed by atoms with Gasteiger partial charge < -0.3 is 10.4 Å². The van der Waals surface area contributed by atoms with Gasteiger partial charge in [0, 0.05) is 12.6 Å². The number of likely N-dealkylation sites (tertiary alicyclic amines) is 1. The van der Waals surface area contributed by atoms with Crippen molar-refractivity contribution in [2.75, 3.05) is 19.7 Å². The van der Waals surface area contributed by atoms with Gasteiger partial charge in [0.05, 0.1) is 12.1 Å². The second-order valence-corrected chi connectivity index (χ2v) is 6.98. The van der Waals surface area contributed by atoms with Crippen LogP contribution in [0, 0.1) is 0 Å². The smallest absolute Gasteiger partial charge is 0.234 e. The van der Waals surface area contributed by atoms with Gasteiger partial charge in [-0.3, -0.25) is 9.69 Å². The fourth-order valence-electron chi connectivity index (χ4n) is 4.01. The van der Waals surface area contributed by atoms with Crippen LogP contribution in [0.15, 0.2) is 30.3 Å². The van der Waals surface area contributed by atoms with Crippen molar-refractivity contribution in [1.82, 2.24) is 10.2 Å². The van der Waals surface area contributed by atoms with Gasteiger partial charge in [0.25, 0.3) is 0 Å². The first-order valence-corrected chi connectivity index (χ1v) is 8.95. The lowest BCUT2D eigenvalue weighted by Gasteiger charge is -2.44. The maximum absolute atomic E-state index is 12.6. The van der Waals surface area contributed by atoms with Crippen molar-refractivity contribution in [1.29, 1.82) is 0 Å². The van der Waals surface area contributed by atoms with Gasteiger partial charge in [-0.2, -0.15) is 0 Å². The van der Waals surface area contributed by atoms with E-state index >= 15 is 0 Å². The SMILES string of the molecule is O=C(CN1CCCCC1CCO)NC1(c2ccccc2)CCC1. The summed E-state index contributed by atoms with van der Waals surface area (Å²) >= 11 is 0. The fraction of sp³-hybridized carbons (Fsp3) is 0.632. The summed E-state index contributed by atoms with van der Waals surface area (Å²) in [6.45, 7) is 1.63. The van der Waals surface area contributed by atoms with Crippen molar-refractivity contribution in [3.05, 3.63) is 35.9 Å². The molecule has 2 aliphatic rings. The van der Waals surface area contributed by atoms with Crippen LogP contribution in [0.3, 0.4) is 0 Å². The summed E-state index contributed by atoms with van der Waals surface area (Å²) in [4.78, 5) is 14.9. The van der Waals surface area contributed by atoms with E-state index in [1.165, 1.54) is 18.4 Å². The predicted molar refractivity (Wildman–Crippen MR) is 91.0 cm³/mol. The Balaban J connectivity index is 1.62. The Labute approximate surface area is 138 Å². The summed E-state index contributed by atoms with van der Waals surface area (Å²) in [7, 11) is 0. The van der Waals surface area contributed by atoms with Crippen LogP contribution in [0.25, 0.3) is 0 Å². The van der Waals surface area contributed by atoms with E-state index in [0.29, 0.717) is 12.6 Å². The van der Waals surface area contributed by atoms with Crippen LogP contribution in [0.2, 0.25) is 0 Å². The Bertz CT molecular complexity index is 511. The van der Waals surface area contributed by atoms with E-state index in [1.807, 2.05) is 18.2 Å². The molecule has 4 nitrogen and oxygen atoms in total. The highest BCUT2D eigenvalue weighted by Gasteiger charge is 2.40. The van der Waals surface area contributed by atoms with Crippen LogP contribution in [0.5, 0.6) is 0 Å². The van der Waals surface area contributed by atoms with Crippen LogP contribution >= 0.6 is 0 Å². The molecule has 2 N–H and O–H groups in total. The summed E-state index contributed by atoms with van der Waals surface area (Å²) in [5, 5.41) is 12.5. The van der Waals surface area contributed by atoms with E-state index in [1.54, 1.807) is 0 Å². The van der Waals surface area contributed by atoms with Gasteiger partial charge in [-0.05, 0) is 50.6 Å². The number of nitrogens with zero attached hydrogens (tertiary/aromatic N) is 1.